The predicted octanol–water partition coefficient (Wildman–Crippen LogP) is 3.08. The Morgan fingerprint density at radius 2 is 2.27 bits per heavy atom. The maximum absolute atomic E-state index is 11.2. The quantitative estimate of drug-likeness (QED) is 0.803. The van der Waals surface area contributed by atoms with Crippen LogP contribution in [0.2, 0.25) is 0 Å². The second kappa shape index (κ2) is 4.05. The van der Waals surface area contributed by atoms with Crippen LogP contribution in [0.3, 0.4) is 0 Å². The fourth-order valence-electron chi connectivity index (χ4n) is 2.16. The summed E-state index contributed by atoms with van der Waals surface area (Å²) in [4.78, 5) is 11.2. The van der Waals surface area contributed by atoms with Gasteiger partial charge in [0.2, 0.25) is 5.91 Å². The topological polar surface area (TPSA) is 29.1 Å². The maximum atomic E-state index is 11.2. The number of nitrogens with one attached hydrogen (secondary N) is 1. The molecule has 1 heterocycles. The summed E-state index contributed by atoms with van der Waals surface area (Å²) in [7, 11) is 0. The molecule has 0 saturated heterocycles. The summed E-state index contributed by atoms with van der Waals surface area (Å²) in [5.41, 5.74) is 3.50. The Kier molecular flexibility index (Phi) is 2.76. The van der Waals surface area contributed by atoms with E-state index in [0.29, 0.717) is 12.3 Å². The molecule has 0 radical (unpaired) electrons. The van der Waals surface area contributed by atoms with Crippen molar-refractivity contribution in [3.63, 3.8) is 0 Å². The van der Waals surface area contributed by atoms with Crippen LogP contribution in [0.4, 0.5) is 5.69 Å². The van der Waals surface area contributed by atoms with Crippen LogP contribution in [0.25, 0.3) is 0 Å². The molecule has 1 N–H and O–H groups in total. The van der Waals surface area contributed by atoms with E-state index in [1.165, 1.54) is 18.4 Å². The van der Waals surface area contributed by atoms with Gasteiger partial charge in [-0.2, -0.15) is 0 Å². The minimum Gasteiger partial charge on any atom is -0.326 e. The Labute approximate surface area is 90.7 Å². The molecule has 2 nitrogen and oxygen atoms in total. The van der Waals surface area contributed by atoms with E-state index in [0.717, 1.165) is 11.3 Å². The number of amides is 1. The summed E-state index contributed by atoms with van der Waals surface area (Å²) < 4.78 is 0. The van der Waals surface area contributed by atoms with Gasteiger partial charge in [-0.05, 0) is 29.5 Å². The first-order chi connectivity index (χ1) is 7.20. The summed E-state index contributed by atoms with van der Waals surface area (Å²) in [5.74, 6) is 0.710. The molecule has 2 heteroatoms. The molecule has 0 bridgehead atoms. The van der Waals surface area contributed by atoms with E-state index in [9.17, 15) is 4.79 Å². The van der Waals surface area contributed by atoms with Gasteiger partial charge in [0.25, 0.3) is 0 Å². The predicted molar refractivity (Wildman–Crippen MR) is 62.1 cm³/mol. The minimum atomic E-state index is 0.116. The number of hydrogen-bond donors (Lipinski definition) is 1. The summed E-state index contributed by atoms with van der Waals surface area (Å²) in [6.45, 7) is 4.45. The summed E-state index contributed by atoms with van der Waals surface area (Å²) in [6.07, 6.45) is 2.96. The van der Waals surface area contributed by atoms with E-state index >= 15 is 0 Å². The molecule has 1 aliphatic rings. The Bertz CT molecular complexity index is 384. The van der Waals surface area contributed by atoms with Gasteiger partial charge in [-0.15, -0.1) is 0 Å². The van der Waals surface area contributed by atoms with Gasteiger partial charge in [0.05, 0.1) is 6.42 Å². The molecule has 15 heavy (non-hydrogen) atoms. The van der Waals surface area contributed by atoms with Crippen LogP contribution in [-0.2, 0) is 11.2 Å². The van der Waals surface area contributed by atoms with Crippen LogP contribution in [0.5, 0.6) is 0 Å². The Morgan fingerprint density at radius 1 is 1.47 bits per heavy atom. The van der Waals surface area contributed by atoms with Gasteiger partial charge in [0.1, 0.15) is 0 Å². The zero-order valence-corrected chi connectivity index (χ0v) is 9.34. The lowest BCUT2D eigenvalue weighted by molar-refractivity contribution is -0.115. The van der Waals surface area contributed by atoms with Gasteiger partial charge in [0.15, 0.2) is 0 Å². The number of carbonyl (C=O) groups is 1. The molecule has 0 saturated carbocycles. The van der Waals surface area contributed by atoms with Crippen molar-refractivity contribution in [1.82, 2.24) is 0 Å². The van der Waals surface area contributed by atoms with Gasteiger partial charge in [-0.25, -0.2) is 0 Å². The normalized spacial score (nSPS) is 16.0. The lowest BCUT2D eigenvalue weighted by Crippen LogP contribution is -2.03. The first-order valence-corrected chi connectivity index (χ1v) is 5.63. The first kappa shape index (κ1) is 10.2. The molecule has 1 aromatic rings. The first-order valence-electron chi connectivity index (χ1n) is 5.63. The Hall–Kier alpha value is -1.31. The average Bonchev–Trinajstić information content (AvgIpc) is 2.57. The van der Waals surface area contributed by atoms with Gasteiger partial charge < -0.3 is 5.32 Å². The fraction of sp³-hybridized carbons (Fsp3) is 0.462. The molecule has 0 aromatic heterocycles. The van der Waals surface area contributed by atoms with Gasteiger partial charge in [0, 0.05) is 5.69 Å². The Morgan fingerprint density at radius 3 is 3.00 bits per heavy atom. The largest absolute Gasteiger partial charge is 0.326 e. The van der Waals surface area contributed by atoms with Gasteiger partial charge in [-0.3, -0.25) is 4.79 Å². The maximum Gasteiger partial charge on any atom is 0.228 e. The average molecular weight is 203 g/mol. The number of fused-ring (bicyclic) bond motifs is 1. The van der Waals surface area contributed by atoms with Crippen LogP contribution < -0.4 is 5.32 Å². The monoisotopic (exact) mass is 203 g/mol. The SMILES string of the molecule is CCCC(C)c1ccc2c(c1)CC(=O)N2. The zero-order chi connectivity index (χ0) is 10.8. The van der Waals surface area contributed by atoms with Crippen molar-refractivity contribution in [1.29, 1.82) is 0 Å². The van der Waals surface area contributed by atoms with Crippen LogP contribution >= 0.6 is 0 Å². The number of benzene rings is 1. The number of rotatable bonds is 3. The highest BCUT2D eigenvalue weighted by molar-refractivity contribution is 5.99. The van der Waals surface area contributed by atoms with Crippen molar-refractivity contribution in [3.8, 4) is 0 Å². The van der Waals surface area contributed by atoms with E-state index in [2.05, 4.69) is 31.3 Å². The zero-order valence-electron chi connectivity index (χ0n) is 9.34. The van der Waals surface area contributed by atoms with Crippen molar-refractivity contribution in [3.05, 3.63) is 29.3 Å². The van der Waals surface area contributed by atoms with Crippen LogP contribution in [0.15, 0.2) is 18.2 Å². The number of hydrogen-bond acceptors (Lipinski definition) is 1. The summed E-state index contributed by atoms with van der Waals surface area (Å²) >= 11 is 0. The third-order valence-corrected chi connectivity index (χ3v) is 3.05. The number of anilines is 1. The van der Waals surface area contributed by atoms with Crippen LogP contribution in [-0.4, -0.2) is 5.91 Å². The standard InChI is InChI=1S/C13H17NO/c1-3-4-9(2)10-5-6-12-11(7-10)8-13(15)14-12/h5-7,9H,3-4,8H2,1-2H3,(H,14,15). The smallest absolute Gasteiger partial charge is 0.228 e. The lowest BCUT2D eigenvalue weighted by Gasteiger charge is -2.11. The Balaban J connectivity index is 2.23. The van der Waals surface area contributed by atoms with Crippen molar-refractivity contribution in [2.24, 2.45) is 0 Å². The third-order valence-electron chi connectivity index (χ3n) is 3.05. The van der Waals surface area contributed by atoms with Crippen molar-refractivity contribution < 1.29 is 4.79 Å². The van der Waals surface area contributed by atoms with E-state index in [4.69, 9.17) is 0 Å². The lowest BCUT2D eigenvalue weighted by atomic mass is 9.94. The molecule has 1 unspecified atom stereocenters. The van der Waals surface area contributed by atoms with E-state index < -0.39 is 0 Å². The van der Waals surface area contributed by atoms with Crippen LogP contribution in [0, 0.1) is 0 Å². The van der Waals surface area contributed by atoms with E-state index in [1.807, 2.05) is 6.07 Å². The molecule has 2 rings (SSSR count). The molecular formula is C13H17NO. The molecule has 80 valence electrons. The second-order valence-electron chi connectivity index (χ2n) is 4.33. The highest BCUT2D eigenvalue weighted by Gasteiger charge is 2.18. The van der Waals surface area contributed by atoms with Crippen molar-refractivity contribution >= 4 is 11.6 Å². The molecule has 0 aliphatic carbocycles. The van der Waals surface area contributed by atoms with Crippen molar-refractivity contribution in [2.45, 2.75) is 39.0 Å². The highest BCUT2D eigenvalue weighted by Crippen LogP contribution is 2.28. The molecule has 1 aliphatic heterocycles. The summed E-state index contributed by atoms with van der Waals surface area (Å²) in [5, 5.41) is 2.86. The van der Waals surface area contributed by atoms with Crippen molar-refractivity contribution in [2.75, 3.05) is 5.32 Å². The summed E-state index contributed by atoms with van der Waals surface area (Å²) in [6, 6.07) is 6.33. The highest BCUT2D eigenvalue weighted by atomic mass is 16.1. The molecule has 0 spiro atoms. The number of carbonyl (C=O) groups excluding carboxylic acids is 1. The third kappa shape index (κ3) is 2.04. The second-order valence-corrected chi connectivity index (χ2v) is 4.33. The molecular weight excluding hydrogens is 186 g/mol. The van der Waals surface area contributed by atoms with Crippen LogP contribution in [0.1, 0.15) is 43.7 Å². The molecule has 1 amide bonds. The van der Waals surface area contributed by atoms with Gasteiger partial charge in [-0.1, -0.05) is 32.4 Å². The van der Waals surface area contributed by atoms with E-state index in [-0.39, 0.29) is 5.91 Å². The van der Waals surface area contributed by atoms with E-state index in [1.54, 1.807) is 0 Å². The molecule has 1 atom stereocenters. The minimum absolute atomic E-state index is 0.116. The molecule has 0 fully saturated rings. The molecule has 1 aromatic carbocycles. The van der Waals surface area contributed by atoms with Gasteiger partial charge >= 0.3 is 0 Å². The fourth-order valence-corrected chi connectivity index (χ4v) is 2.16.